The third-order valence-corrected chi connectivity index (χ3v) is 4.01. The predicted molar refractivity (Wildman–Crippen MR) is 74.1 cm³/mol. The van der Waals surface area contributed by atoms with E-state index in [-0.39, 0.29) is 11.2 Å². The maximum absolute atomic E-state index is 12.8. The van der Waals surface area contributed by atoms with E-state index in [2.05, 4.69) is 13.8 Å². The fraction of sp³-hybridized carbons (Fsp3) is 0.688. The van der Waals surface area contributed by atoms with Crippen LogP contribution in [0, 0.1) is 11.3 Å². The molecule has 0 amide bonds. The number of methoxy groups -OCH3 is 1. The molecule has 1 fully saturated rings. The number of rotatable bonds is 6. The monoisotopic (exact) mass is 264 g/mol. The molecule has 0 spiro atoms. The Balaban J connectivity index is 2.18. The third-order valence-electron chi connectivity index (χ3n) is 4.01. The number of ketones is 1. The van der Waals surface area contributed by atoms with Crippen molar-refractivity contribution in [2.24, 2.45) is 11.3 Å². The molecule has 0 aliphatic heterocycles. The highest BCUT2D eigenvalue weighted by Crippen LogP contribution is 2.45. The number of ether oxygens (including phenoxy) is 1. The molecule has 1 aromatic rings. The zero-order valence-corrected chi connectivity index (χ0v) is 12.2. The van der Waals surface area contributed by atoms with Gasteiger partial charge in [0.1, 0.15) is 12.4 Å². The van der Waals surface area contributed by atoms with Crippen LogP contribution in [-0.4, -0.2) is 12.9 Å². The molecule has 0 saturated heterocycles. The minimum absolute atomic E-state index is 0.184. The van der Waals surface area contributed by atoms with Gasteiger partial charge in [-0.1, -0.05) is 26.7 Å². The number of carbonyl (C=O) groups excluding carboxylic acids is 1. The van der Waals surface area contributed by atoms with Crippen LogP contribution in [0.5, 0.6) is 0 Å². The molecule has 106 valence electrons. The molecule has 0 unspecified atom stereocenters. The van der Waals surface area contributed by atoms with Gasteiger partial charge in [-0.3, -0.25) is 4.79 Å². The highest BCUT2D eigenvalue weighted by Gasteiger charge is 2.42. The fourth-order valence-electron chi connectivity index (χ4n) is 3.34. The average Bonchev–Trinajstić information content (AvgIpc) is 2.98. The van der Waals surface area contributed by atoms with Gasteiger partial charge in [-0.25, -0.2) is 0 Å². The number of Topliss-reactive ketones (excluding diaryl/α,β-unsaturated/α-hetero) is 1. The van der Waals surface area contributed by atoms with Crippen molar-refractivity contribution in [2.45, 2.75) is 52.6 Å². The molecule has 3 heteroatoms. The molecule has 1 saturated carbocycles. The Labute approximate surface area is 115 Å². The van der Waals surface area contributed by atoms with Crippen molar-refractivity contribution < 1.29 is 13.9 Å². The molecule has 0 N–H and O–H groups in total. The van der Waals surface area contributed by atoms with Crippen LogP contribution in [0.1, 0.15) is 62.3 Å². The van der Waals surface area contributed by atoms with Gasteiger partial charge in [0.15, 0.2) is 5.76 Å². The van der Waals surface area contributed by atoms with E-state index in [1.165, 1.54) is 0 Å². The molecule has 1 heterocycles. The number of hydrogen-bond acceptors (Lipinski definition) is 3. The van der Waals surface area contributed by atoms with Gasteiger partial charge in [0.25, 0.3) is 0 Å². The first kappa shape index (κ1) is 14.3. The van der Waals surface area contributed by atoms with Crippen LogP contribution in [0.15, 0.2) is 16.5 Å². The Morgan fingerprint density at radius 1 is 1.37 bits per heavy atom. The van der Waals surface area contributed by atoms with Crippen molar-refractivity contribution in [3.63, 3.8) is 0 Å². The molecule has 1 aliphatic carbocycles. The molecule has 0 aromatic carbocycles. The Morgan fingerprint density at radius 2 is 2.05 bits per heavy atom. The van der Waals surface area contributed by atoms with E-state index >= 15 is 0 Å². The highest BCUT2D eigenvalue weighted by molar-refractivity contribution is 5.98. The number of carbonyl (C=O) groups is 1. The van der Waals surface area contributed by atoms with Gasteiger partial charge < -0.3 is 9.15 Å². The molecule has 2 rings (SSSR count). The standard InChI is InChI=1S/C16H24O3/c1-12(2)10-16(8-4-5-9-16)15(17)14-7-6-13(19-14)11-18-3/h6-7,12H,4-5,8-11H2,1-3H3. The van der Waals surface area contributed by atoms with Crippen LogP contribution in [0.4, 0.5) is 0 Å². The molecular weight excluding hydrogens is 240 g/mol. The molecule has 1 aliphatic rings. The van der Waals surface area contributed by atoms with E-state index in [9.17, 15) is 4.79 Å². The molecule has 3 nitrogen and oxygen atoms in total. The second-order valence-corrected chi connectivity index (χ2v) is 6.11. The zero-order chi connectivity index (χ0) is 13.9. The summed E-state index contributed by atoms with van der Waals surface area (Å²) in [6.07, 6.45) is 5.29. The van der Waals surface area contributed by atoms with Crippen molar-refractivity contribution >= 4 is 5.78 Å². The molecular formula is C16H24O3. The second-order valence-electron chi connectivity index (χ2n) is 6.11. The maximum atomic E-state index is 12.8. The third kappa shape index (κ3) is 3.08. The molecule has 0 atom stereocenters. The van der Waals surface area contributed by atoms with E-state index in [0.717, 1.165) is 37.9 Å². The van der Waals surface area contributed by atoms with E-state index in [4.69, 9.17) is 9.15 Å². The van der Waals surface area contributed by atoms with Crippen molar-refractivity contribution in [3.8, 4) is 0 Å². The second kappa shape index (κ2) is 5.91. The van der Waals surface area contributed by atoms with Crippen molar-refractivity contribution in [1.29, 1.82) is 0 Å². The lowest BCUT2D eigenvalue weighted by atomic mass is 9.74. The summed E-state index contributed by atoms with van der Waals surface area (Å²) in [6, 6.07) is 3.64. The molecule has 19 heavy (non-hydrogen) atoms. The quantitative estimate of drug-likeness (QED) is 0.722. The van der Waals surface area contributed by atoms with E-state index in [1.807, 2.05) is 6.07 Å². The van der Waals surface area contributed by atoms with Crippen LogP contribution in [0.2, 0.25) is 0 Å². The maximum Gasteiger partial charge on any atom is 0.204 e. The predicted octanol–water partition coefficient (Wildman–Crippen LogP) is 4.22. The van der Waals surface area contributed by atoms with Gasteiger partial charge >= 0.3 is 0 Å². The van der Waals surface area contributed by atoms with Crippen LogP contribution in [0.3, 0.4) is 0 Å². The van der Waals surface area contributed by atoms with Gasteiger partial charge in [-0.15, -0.1) is 0 Å². The lowest BCUT2D eigenvalue weighted by Gasteiger charge is -2.28. The summed E-state index contributed by atoms with van der Waals surface area (Å²) in [5, 5.41) is 0. The largest absolute Gasteiger partial charge is 0.455 e. The van der Waals surface area contributed by atoms with E-state index in [1.54, 1.807) is 13.2 Å². The smallest absolute Gasteiger partial charge is 0.204 e. The average molecular weight is 264 g/mol. The Kier molecular flexibility index (Phi) is 4.46. The first-order valence-corrected chi connectivity index (χ1v) is 7.20. The minimum Gasteiger partial charge on any atom is -0.455 e. The van der Waals surface area contributed by atoms with Gasteiger partial charge in [0, 0.05) is 12.5 Å². The number of hydrogen-bond donors (Lipinski definition) is 0. The normalized spacial score (nSPS) is 18.1. The molecule has 0 radical (unpaired) electrons. The first-order chi connectivity index (χ1) is 9.07. The summed E-state index contributed by atoms with van der Waals surface area (Å²) in [5.41, 5.74) is -0.184. The minimum atomic E-state index is -0.184. The highest BCUT2D eigenvalue weighted by atomic mass is 16.5. The zero-order valence-electron chi connectivity index (χ0n) is 12.2. The van der Waals surface area contributed by atoms with Crippen molar-refractivity contribution in [3.05, 3.63) is 23.7 Å². The summed E-state index contributed by atoms with van der Waals surface area (Å²) in [4.78, 5) is 12.8. The first-order valence-electron chi connectivity index (χ1n) is 7.20. The number of furan rings is 1. The SMILES string of the molecule is COCc1ccc(C(=O)C2(CC(C)C)CCCC2)o1. The fourth-order valence-corrected chi connectivity index (χ4v) is 3.34. The van der Waals surface area contributed by atoms with Gasteiger partial charge in [-0.2, -0.15) is 0 Å². The molecule has 0 bridgehead atoms. The van der Waals surface area contributed by atoms with Crippen LogP contribution in [-0.2, 0) is 11.3 Å². The van der Waals surface area contributed by atoms with Crippen LogP contribution >= 0.6 is 0 Å². The lowest BCUT2D eigenvalue weighted by molar-refractivity contribution is 0.0721. The Hall–Kier alpha value is -1.09. The summed E-state index contributed by atoms with van der Waals surface area (Å²) in [5.74, 6) is 1.97. The summed E-state index contributed by atoms with van der Waals surface area (Å²) in [7, 11) is 1.63. The van der Waals surface area contributed by atoms with Crippen LogP contribution < -0.4 is 0 Å². The van der Waals surface area contributed by atoms with Crippen molar-refractivity contribution in [2.75, 3.05) is 7.11 Å². The Bertz CT molecular complexity index is 425. The summed E-state index contributed by atoms with van der Waals surface area (Å²) in [6.45, 7) is 4.79. The molecule has 1 aromatic heterocycles. The topological polar surface area (TPSA) is 39.4 Å². The lowest BCUT2D eigenvalue weighted by Crippen LogP contribution is -2.29. The van der Waals surface area contributed by atoms with E-state index < -0.39 is 0 Å². The van der Waals surface area contributed by atoms with Crippen LogP contribution in [0.25, 0.3) is 0 Å². The van der Waals surface area contributed by atoms with Crippen molar-refractivity contribution in [1.82, 2.24) is 0 Å². The van der Waals surface area contributed by atoms with E-state index in [0.29, 0.717) is 18.3 Å². The van der Waals surface area contributed by atoms with Gasteiger partial charge in [0.2, 0.25) is 5.78 Å². The summed E-state index contributed by atoms with van der Waals surface area (Å²) < 4.78 is 10.7. The summed E-state index contributed by atoms with van der Waals surface area (Å²) >= 11 is 0. The van der Waals surface area contributed by atoms with Gasteiger partial charge in [-0.05, 0) is 37.3 Å². The van der Waals surface area contributed by atoms with Gasteiger partial charge in [0.05, 0.1) is 0 Å². The Morgan fingerprint density at radius 3 is 2.63 bits per heavy atom.